The largest absolute Gasteiger partial charge is 0.480 e. The van der Waals surface area contributed by atoms with Crippen LogP contribution in [0.2, 0.25) is 5.02 Å². The molecule has 0 saturated carbocycles. The predicted molar refractivity (Wildman–Crippen MR) is 66.9 cm³/mol. The standard InChI is InChI=1S/C11H13ClN2O4/c1-18-6-9(10(15)16)14-11(17)13-8-4-2-3-7(12)5-8/h2-5,9H,6H2,1H3,(H,15,16)(H2,13,14,17). The Morgan fingerprint density at radius 2 is 2.22 bits per heavy atom. The van der Waals surface area contributed by atoms with Crippen LogP contribution in [-0.4, -0.2) is 36.9 Å². The first-order valence-electron chi connectivity index (χ1n) is 5.07. The number of anilines is 1. The van der Waals surface area contributed by atoms with Gasteiger partial charge in [-0.05, 0) is 18.2 Å². The number of nitrogens with one attached hydrogen (secondary N) is 2. The van der Waals surface area contributed by atoms with Gasteiger partial charge >= 0.3 is 12.0 Å². The van der Waals surface area contributed by atoms with Crippen molar-refractivity contribution in [1.29, 1.82) is 0 Å². The molecule has 0 spiro atoms. The van der Waals surface area contributed by atoms with E-state index in [1.54, 1.807) is 24.3 Å². The summed E-state index contributed by atoms with van der Waals surface area (Å²) in [4.78, 5) is 22.3. The van der Waals surface area contributed by atoms with Crippen molar-refractivity contribution >= 4 is 29.3 Å². The lowest BCUT2D eigenvalue weighted by molar-refractivity contribution is -0.140. The summed E-state index contributed by atoms with van der Waals surface area (Å²) in [6, 6.07) is 4.78. The third-order valence-electron chi connectivity index (χ3n) is 2.02. The van der Waals surface area contributed by atoms with Gasteiger partial charge < -0.3 is 20.5 Å². The van der Waals surface area contributed by atoms with Crippen LogP contribution in [0.3, 0.4) is 0 Å². The number of carboxylic acids is 1. The number of urea groups is 1. The predicted octanol–water partition coefficient (Wildman–Crippen LogP) is 1.56. The molecule has 18 heavy (non-hydrogen) atoms. The summed E-state index contributed by atoms with van der Waals surface area (Å²) in [7, 11) is 1.35. The maximum absolute atomic E-state index is 11.5. The molecule has 0 aliphatic carbocycles. The Bertz CT molecular complexity index is 439. The number of carbonyl (C=O) groups excluding carboxylic acids is 1. The summed E-state index contributed by atoms with van der Waals surface area (Å²) >= 11 is 5.75. The molecule has 1 aromatic carbocycles. The number of rotatable bonds is 5. The first-order chi connectivity index (χ1) is 8.52. The average Bonchev–Trinajstić information content (AvgIpc) is 2.28. The fourth-order valence-electron chi connectivity index (χ4n) is 1.23. The Hall–Kier alpha value is -1.79. The number of aliphatic carboxylic acids is 1. The average molecular weight is 273 g/mol. The van der Waals surface area contributed by atoms with Crippen LogP contribution in [0.4, 0.5) is 10.5 Å². The van der Waals surface area contributed by atoms with Crippen molar-refractivity contribution in [2.45, 2.75) is 6.04 Å². The van der Waals surface area contributed by atoms with Crippen LogP contribution in [-0.2, 0) is 9.53 Å². The van der Waals surface area contributed by atoms with Crippen LogP contribution < -0.4 is 10.6 Å². The number of ether oxygens (including phenoxy) is 1. The molecule has 0 fully saturated rings. The van der Waals surface area contributed by atoms with Crippen molar-refractivity contribution in [1.82, 2.24) is 5.32 Å². The van der Waals surface area contributed by atoms with Crippen LogP contribution in [0.5, 0.6) is 0 Å². The second-order valence-corrected chi connectivity index (χ2v) is 3.89. The molecule has 0 aliphatic rings. The van der Waals surface area contributed by atoms with Crippen LogP contribution in [0, 0.1) is 0 Å². The van der Waals surface area contributed by atoms with Crippen LogP contribution in [0.15, 0.2) is 24.3 Å². The Labute approximate surface area is 109 Å². The number of carboxylic acid groups (broad SMARTS) is 1. The number of halogens is 1. The highest BCUT2D eigenvalue weighted by Crippen LogP contribution is 2.14. The Kier molecular flexibility index (Phi) is 5.41. The maximum Gasteiger partial charge on any atom is 0.328 e. The van der Waals surface area contributed by atoms with E-state index in [1.807, 2.05) is 0 Å². The zero-order valence-electron chi connectivity index (χ0n) is 9.64. The van der Waals surface area contributed by atoms with Gasteiger partial charge in [-0.2, -0.15) is 0 Å². The van der Waals surface area contributed by atoms with Gasteiger partial charge in [-0.25, -0.2) is 9.59 Å². The van der Waals surface area contributed by atoms with Gasteiger partial charge in [-0.3, -0.25) is 0 Å². The summed E-state index contributed by atoms with van der Waals surface area (Å²) in [6.45, 7) is -0.113. The van der Waals surface area contributed by atoms with Gasteiger partial charge in [0.1, 0.15) is 0 Å². The van der Waals surface area contributed by atoms with Gasteiger partial charge in [0.15, 0.2) is 6.04 Å². The first-order valence-corrected chi connectivity index (χ1v) is 5.45. The second-order valence-electron chi connectivity index (χ2n) is 3.45. The molecular formula is C11H13ClN2O4. The molecule has 2 amide bonds. The molecule has 0 aromatic heterocycles. The van der Waals surface area contributed by atoms with E-state index in [4.69, 9.17) is 21.4 Å². The van der Waals surface area contributed by atoms with Gasteiger partial charge in [0.2, 0.25) is 0 Å². The molecule has 0 saturated heterocycles. The fraction of sp³-hybridized carbons (Fsp3) is 0.273. The minimum absolute atomic E-state index is 0.113. The van der Waals surface area contributed by atoms with Crippen molar-refractivity contribution < 1.29 is 19.4 Å². The monoisotopic (exact) mass is 272 g/mol. The van der Waals surface area contributed by atoms with Crippen LogP contribution in [0.1, 0.15) is 0 Å². The molecule has 0 bridgehead atoms. The topological polar surface area (TPSA) is 87.7 Å². The molecule has 1 aromatic rings. The van der Waals surface area contributed by atoms with Crippen LogP contribution in [0.25, 0.3) is 0 Å². The number of hydrogen-bond acceptors (Lipinski definition) is 3. The second kappa shape index (κ2) is 6.83. The molecule has 0 heterocycles. The molecule has 7 heteroatoms. The third kappa shape index (κ3) is 4.60. The molecule has 1 unspecified atom stereocenters. The lowest BCUT2D eigenvalue weighted by atomic mass is 10.3. The lowest BCUT2D eigenvalue weighted by Gasteiger charge is -2.14. The maximum atomic E-state index is 11.5. The minimum atomic E-state index is -1.17. The fourth-order valence-corrected chi connectivity index (χ4v) is 1.42. The zero-order chi connectivity index (χ0) is 13.5. The number of hydrogen-bond donors (Lipinski definition) is 3. The SMILES string of the molecule is COCC(NC(=O)Nc1cccc(Cl)c1)C(=O)O. The van der Waals surface area contributed by atoms with Crippen molar-refractivity contribution in [2.24, 2.45) is 0 Å². The van der Waals surface area contributed by atoms with Gasteiger partial charge in [-0.15, -0.1) is 0 Å². The molecule has 0 radical (unpaired) electrons. The highest BCUT2D eigenvalue weighted by atomic mass is 35.5. The number of amides is 2. The van der Waals surface area contributed by atoms with Crippen molar-refractivity contribution in [3.63, 3.8) is 0 Å². The number of carbonyl (C=O) groups is 2. The van der Waals surface area contributed by atoms with Gasteiger partial charge in [0.25, 0.3) is 0 Å². The lowest BCUT2D eigenvalue weighted by Crippen LogP contribution is -2.45. The number of methoxy groups -OCH3 is 1. The summed E-state index contributed by atoms with van der Waals surface area (Å²) in [6.07, 6.45) is 0. The summed E-state index contributed by atoms with van der Waals surface area (Å²) in [5.41, 5.74) is 0.474. The summed E-state index contributed by atoms with van der Waals surface area (Å²) < 4.78 is 4.69. The Morgan fingerprint density at radius 3 is 2.78 bits per heavy atom. The molecular weight excluding hydrogens is 260 g/mol. The quantitative estimate of drug-likeness (QED) is 0.759. The van der Waals surface area contributed by atoms with E-state index in [2.05, 4.69) is 10.6 Å². The summed E-state index contributed by atoms with van der Waals surface area (Å²) in [5, 5.41) is 14.0. The third-order valence-corrected chi connectivity index (χ3v) is 2.25. The van der Waals surface area contributed by atoms with Crippen molar-refractivity contribution in [3.8, 4) is 0 Å². The minimum Gasteiger partial charge on any atom is -0.480 e. The molecule has 1 atom stereocenters. The molecule has 98 valence electrons. The van der Waals surface area contributed by atoms with E-state index >= 15 is 0 Å². The smallest absolute Gasteiger partial charge is 0.328 e. The van der Waals surface area contributed by atoms with E-state index in [0.29, 0.717) is 10.7 Å². The van der Waals surface area contributed by atoms with Crippen molar-refractivity contribution in [3.05, 3.63) is 29.3 Å². The molecule has 1 rings (SSSR count). The Balaban J connectivity index is 2.57. The molecule has 0 aliphatic heterocycles. The highest BCUT2D eigenvalue weighted by Gasteiger charge is 2.19. The van der Waals surface area contributed by atoms with Gasteiger partial charge in [-0.1, -0.05) is 17.7 Å². The van der Waals surface area contributed by atoms with Crippen LogP contribution >= 0.6 is 11.6 Å². The van der Waals surface area contributed by atoms with E-state index in [-0.39, 0.29) is 6.61 Å². The van der Waals surface area contributed by atoms with E-state index in [0.717, 1.165) is 0 Å². The van der Waals surface area contributed by atoms with Gasteiger partial charge in [0.05, 0.1) is 6.61 Å². The molecule has 3 N–H and O–H groups in total. The van der Waals surface area contributed by atoms with E-state index in [9.17, 15) is 9.59 Å². The first kappa shape index (κ1) is 14.3. The highest BCUT2D eigenvalue weighted by molar-refractivity contribution is 6.30. The summed E-state index contributed by atoms with van der Waals surface area (Å²) in [5.74, 6) is -1.17. The number of benzene rings is 1. The normalized spacial score (nSPS) is 11.7. The molecule has 6 nitrogen and oxygen atoms in total. The van der Waals surface area contributed by atoms with E-state index < -0.39 is 18.0 Å². The van der Waals surface area contributed by atoms with Gasteiger partial charge in [0, 0.05) is 17.8 Å². The van der Waals surface area contributed by atoms with E-state index in [1.165, 1.54) is 7.11 Å². The Morgan fingerprint density at radius 1 is 1.50 bits per heavy atom. The van der Waals surface area contributed by atoms with Crippen molar-refractivity contribution in [2.75, 3.05) is 19.0 Å². The zero-order valence-corrected chi connectivity index (χ0v) is 10.4.